The number of benzene rings is 2. The topological polar surface area (TPSA) is 32.8 Å². The van der Waals surface area contributed by atoms with E-state index in [1.165, 1.54) is 5.56 Å². The van der Waals surface area contributed by atoms with Crippen molar-refractivity contribution >= 4 is 5.91 Å². The molecule has 0 aliphatic carbocycles. The number of carbonyl (C=O) groups is 1. The molecule has 0 unspecified atom stereocenters. The molecule has 1 aliphatic heterocycles. The summed E-state index contributed by atoms with van der Waals surface area (Å²) in [4.78, 5) is 16.9. The van der Waals surface area contributed by atoms with Gasteiger partial charge < -0.3 is 9.64 Å². The van der Waals surface area contributed by atoms with Crippen molar-refractivity contribution in [1.82, 2.24) is 9.80 Å². The summed E-state index contributed by atoms with van der Waals surface area (Å²) >= 11 is 0. The zero-order chi connectivity index (χ0) is 18.2. The second-order valence-electron chi connectivity index (χ2n) is 6.80. The molecule has 1 fully saturated rings. The molecule has 0 atom stereocenters. The van der Waals surface area contributed by atoms with Gasteiger partial charge in [-0.05, 0) is 36.6 Å². The molecule has 0 radical (unpaired) electrons. The lowest BCUT2D eigenvalue weighted by atomic mass is 10.1. The number of hydrogen-bond acceptors (Lipinski definition) is 3. The van der Waals surface area contributed by atoms with Crippen LogP contribution in [0.2, 0.25) is 0 Å². The van der Waals surface area contributed by atoms with Crippen LogP contribution in [0.3, 0.4) is 0 Å². The van der Waals surface area contributed by atoms with E-state index in [9.17, 15) is 4.79 Å². The van der Waals surface area contributed by atoms with Crippen LogP contribution in [-0.2, 0) is 17.6 Å². The number of para-hydroxylation sites is 1. The molecule has 1 heterocycles. The molecule has 1 saturated heterocycles. The minimum Gasteiger partial charge on any atom is -0.496 e. The van der Waals surface area contributed by atoms with E-state index in [4.69, 9.17) is 4.74 Å². The summed E-state index contributed by atoms with van der Waals surface area (Å²) < 4.78 is 5.42. The highest BCUT2D eigenvalue weighted by molar-refractivity contribution is 5.78. The van der Waals surface area contributed by atoms with Crippen LogP contribution in [0.4, 0.5) is 0 Å². The van der Waals surface area contributed by atoms with Crippen LogP contribution < -0.4 is 4.74 Å². The highest BCUT2D eigenvalue weighted by Crippen LogP contribution is 2.19. The van der Waals surface area contributed by atoms with Crippen LogP contribution in [0.25, 0.3) is 0 Å². The molecule has 4 nitrogen and oxygen atoms in total. The number of piperazine rings is 1. The van der Waals surface area contributed by atoms with Crippen molar-refractivity contribution in [3.05, 3.63) is 65.7 Å². The van der Waals surface area contributed by atoms with Crippen molar-refractivity contribution in [2.24, 2.45) is 0 Å². The van der Waals surface area contributed by atoms with Crippen LogP contribution in [0.15, 0.2) is 54.6 Å². The summed E-state index contributed by atoms with van der Waals surface area (Å²) in [6.07, 6.45) is 2.64. The molecular weight excluding hydrogens is 324 g/mol. The molecule has 0 N–H and O–H groups in total. The van der Waals surface area contributed by atoms with Gasteiger partial charge in [-0.2, -0.15) is 0 Å². The molecule has 0 aromatic heterocycles. The van der Waals surface area contributed by atoms with Gasteiger partial charge in [0.2, 0.25) is 5.91 Å². The van der Waals surface area contributed by atoms with Gasteiger partial charge in [-0.15, -0.1) is 0 Å². The first-order valence-electron chi connectivity index (χ1n) is 9.42. The first kappa shape index (κ1) is 18.5. The van der Waals surface area contributed by atoms with E-state index in [2.05, 4.69) is 17.0 Å². The average molecular weight is 352 g/mol. The molecule has 4 heteroatoms. The van der Waals surface area contributed by atoms with Crippen molar-refractivity contribution < 1.29 is 9.53 Å². The number of hydrogen-bond donors (Lipinski definition) is 0. The van der Waals surface area contributed by atoms with Gasteiger partial charge in [-0.3, -0.25) is 9.69 Å². The number of rotatable bonds is 7. The Morgan fingerprint density at radius 3 is 2.38 bits per heavy atom. The summed E-state index contributed by atoms with van der Waals surface area (Å²) in [6, 6.07) is 18.2. The van der Waals surface area contributed by atoms with Gasteiger partial charge in [0, 0.05) is 26.2 Å². The Balaban J connectivity index is 1.39. The molecule has 2 aromatic rings. The third-order valence-corrected chi connectivity index (χ3v) is 5.04. The maximum Gasteiger partial charge on any atom is 0.227 e. The molecule has 0 bridgehead atoms. The van der Waals surface area contributed by atoms with Crippen molar-refractivity contribution in [1.29, 1.82) is 0 Å². The Morgan fingerprint density at radius 2 is 1.65 bits per heavy atom. The number of carbonyl (C=O) groups excluding carboxylic acids is 1. The predicted octanol–water partition coefficient (Wildman–Crippen LogP) is 3.01. The molecule has 138 valence electrons. The maximum atomic E-state index is 12.4. The fourth-order valence-corrected chi connectivity index (χ4v) is 3.51. The SMILES string of the molecule is COc1ccccc1CCCN1CCN(C(=O)Cc2ccccc2)CC1. The molecule has 0 spiro atoms. The predicted molar refractivity (Wildman–Crippen MR) is 104 cm³/mol. The molecule has 1 aliphatic rings. The quantitative estimate of drug-likeness (QED) is 0.768. The Kier molecular flexibility index (Phi) is 6.67. The van der Waals surface area contributed by atoms with E-state index in [1.807, 2.05) is 47.4 Å². The van der Waals surface area contributed by atoms with E-state index in [0.29, 0.717) is 6.42 Å². The summed E-state index contributed by atoms with van der Waals surface area (Å²) in [5.41, 5.74) is 2.36. The van der Waals surface area contributed by atoms with Crippen LogP contribution in [0.1, 0.15) is 17.5 Å². The summed E-state index contributed by atoms with van der Waals surface area (Å²) in [6.45, 7) is 4.67. The lowest BCUT2D eigenvalue weighted by Crippen LogP contribution is -2.49. The van der Waals surface area contributed by atoms with Crippen molar-refractivity contribution in [3.8, 4) is 5.75 Å². The van der Waals surface area contributed by atoms with Crippen molar-refractivity contribution in [2.75, 3.05) is 39.8 Å². The number of aryl methyl sites for hydroxylation is 1. The van der Waals surface area contributed by atoms with E-state index < -0.39 is 0 Å². The molecule has 0 saturated carbocycles. The Bertz CT molecular complexity index is 694. The van der Waals surface area contributed by atoms with Gasteiger partial charge in [-0.1, -0.05) is 48.5 Å². The molecular formula is C22H28N2O2. The monoisotopic (exact) mass is 352 g/mol. The Hall–Kier alpha value is -2.33. The first-order valence-corrected chi connectivity index (χ1v) is 9.42. The van der Waals surface area contributed by atoms with E-state index >= 15 is 0 Å². The van der Waals surface area contributed by atoms with E-state index in [0.717, 1.165) is 56.9 Å². The fraction of sp³-hybridized carbons (Fsp3) is 0.409. The number of nitrogens with zero attached hydrogens (tertiary/aromatic N) is 2. The van der Waals surface area contributed by atoms with E-state index in [1.54, 1.807) is 7.11 Å². The van der Waals surface area contributed by atoms with Gasteiger partial charge in [0.25, 0.3) is 0 Å². The van der Waals surface area contributed by atoms with Crippen LogP contribution in [-0.4, -0.2) is 55.5 Å². The summed E-state index contributed by atoms with van der Waals surface area (Å²) in [7, 11) is 1.73. The van der Waals surface area contributed by atoms with Gasteiger partial charge in [0.05, 0.1) is 13.5 Å². The molecule has 3 rings (SSSR count). The van der Waals surface area contributed by atoms with Crippen molar-refractivity contribution in [3.63, 3.8) is 0 Å². The maximum absolute atomic E-state index is 12.4. The molecule has 26 heavy (non-hydrogen) atoms. The van der Waals surface area contributed by atoms with Crippen LogP contribution >= 0.6 is 0 Å². The molecule has 1 amide bonds. The minimum absolute atomic E-state index is 0.241. The highest BCUT2D eigenvalue weighted by Gasteiger charge is 2.20. The minimum atomic E-state index is 0.241. The number of ether oxygens (including phenoxy) is 1. The zero-order valence-corrected chi connectivity index (χ0v) is 15.6. The summed E-state index contributed by atoms with van der Waals surface area (Å²) in [5, 5.41) is 0. The van der Waals surface area contributed by atoms with E-state index in [-0.39, 0.29) is 5.91 Å². The third kappa shape index (κ3) is 5.09. The second kappa shape index (κ2) is 9.39. The van der Waals surface area contributed by atoms with Crippen LogP contribution in [0, 0.1) is 0 Å². The standard InChI is InChI=1S/C22H28N2O2/c1-26-21-12-6-5-10-20(21)11-7-13-23-14-16-24(17-15-23)22(25)18-19-8-3-2-4-9-19/h2-6,8-10,12H,7,11,13-18H2,1H3. The third-order valence-electron chi connectivity index (χ3n) is 5.04. The number of amides is 1. The first-order chi connectivity index (χ1) is 12.8. The largest absolute Gasteiger partial charge is 0.496 e. The summed E-state index contributed by atoms with van der Waals surface area (Å²) in [5.74, 6) is 1.22. The van der Waals surface area contributed by atoms with Gasteiger partial charge in [-0.25, -0.2) is 0 Å². The Labute approximate surface area is 156 Å². The Morgan fingerprint density at radius 1 is 0.962 bits per heavy atom. The van der Waals surface area contributed by atoms with Gasteiger partial charge in [0.1, 0.15) is 5.75 Å². The number of methoxy groups -OCH3 is 1. The molecule has 2 aromatic carbocycles. The second-order valence-corrected chi connectivity index (χ2v) is 6.80. The van der Waals surface area contributed by atoms with Crippen LogP contribution in [0.5, 0.6) is 5.75 Å². The van der Waals surface area contributed by atoms with Crippen molar-refractivity contribution in [2.45, 2.75) is 19.3 Å². The normalized spacial score (nSPS) is 15.0. The highest BCUT2D eigenvalue weighted by atomic mass is 16.5. The smallest absolute Gasteiger partial charge is 0.227 e. The lowest BCUT2D eigenvalue weighted by molar-refractivity contribution is -0.132. The van der Waals surface area contributed by atoms with Gasteiger partial charge >= 0.3 is 0 Å². The van der Waals surface area contributed by atoms with Gasteiger partial charge in [0.15, 0.2) is 0 Å². The average Bonchev–Trinajstić information content (AvgIpc) is 2.69. The lowest BCUT2D eigenvalue weighted by Gasteiger charge is -2.34. The zero-order valence-electron chi connectivity index (χ0n) is 15.6. The fourth-order valence-electron chi connectivity index (χ4n) is 3.51.